The van der Waals surface area contributed by atoms with Crippen molar-refractivity contribution in [2.75, 3.05) is 32.2 Å². The Morgan fingerprint density at radius 1 is 1.30 bits per heavy atom. The first-order chi connectivity index (χ1) is 11.0. The molecule has 0 aromatic heterocycles. The van der Waals surface area contributed by atoms with Crippen molar-refractivity contribution < 1.29 is 19.1 Å². The van der Waals surface area contributed by atoms with E-state index in [0.717, 1.165) is 11.3 Å². The number of anilines is 1. The van der Waals surface area contributed by atoms with Crippen LogP contribution in [-0.2, 0) is 14.3 Å². The fourth-order valence-corrected chi connectivity index (χ4v) is 2.45. The van der Waals surface area contributed by atoms with Gasteiger partial charge in [0.15, 0.2) is 6.29 Å². The minimum Gasteiger partial charge on any atom is -0.354 e. The number of ether oxygens (including phenoxy) is 2. The fraction of sp³-hybridized carbons (Fsp3) is 0.500. The zero-order valence-electron chi connectivity index (χ0n) is 13.7. The van der Waals surface area contributed by atoms with Crippen LogP contribution in [-0.4, -0.2) is 51.6 Å². The van der Waals surface area contributed by atoms with Crippen LogP contribution in [0.1, 0.15) is 12.0 Å². The Bertz CT molecular complexity index is 543. The number of methoxy groups -OCH3 is 2. The Balaban J connectivity index is 1.85. The quantitative estimate of drug-likeness (QED) is 0.767. The molecule has 23 heavy (non-hydrogen) atoms. The number of nitrogens with zero attached hydrogens (tertiary/aromatic N) is 1. The first-order valence-corrected chi connectivity index (χ1v) is 7.50. The maximum atomic E-state index is 12.1. The molecule has 2 rings (SSSR count). The molecule has 7 nitrogen and oxygen atoms in total. The number of benzene rings is 1. The van der Waals surface area contributed by atoms with Crippen molar-refractivity contribution in [3.63, 3.8) is 0 Å². The molecule has 1 aromatic carbocycles. The summed E-state index contributed by atoms with van der Waals surface area (Å²) in [6.45, 7) is 2.70. The molecule has 1 saturated heterocycles. The number of hydrogen-bond acceptors (Lipinski definition) is 4. The average molecular weight is 321 g/mol. The van der Waals surface area contributed by atoms with Crippen molar-refractivity contribution in [1.29, 1.82) is 0 Å². The van der Waals surface area contributed by atoms with Gasteiger partial charge in [0.25, 0.3) is 0 Å². The molecule has 0 aliphatic carbocycles. The monoisotopic (exact) mass is 321 g/mol. The third-order valence-corrected chi connectivity index (χ3v) is 3.76. The molecular weight excluding hydrogens is 298 g/mol. The zero-order valence-corrected chi connectivity index (χ0v) is 13.7. The predicted octanol–water partition coefficient (Wildman–Crippen LogP) is 1.02. The lowest BCUT2D eigenvalue weighted by molar-refractivity contribution is -0.117. The molecule has 3 amide bonds. The summed E-state index contributed by atoms with van der Waals surface area (Å²) in [5.41, 5.74) is 1.99. The highest BCUT2D eigenvalue weighted by Gasteiger charge is 2.31. The molecule has 126 valence electrons. The van der Waals surface area contributed by atoms with E-state index < -0.39 is 6.29 Å². The number of hydrogen-bond donors (Lipinski definition) is 2. The number of nitrogens with one attached hydrogen (secondary N) is 2. The van der Waals surface area contributed by atoms with Gasteiger partial charge in [-0.15, -0.1) is 0 Å². The zero-order chi connectivity index (χ0) is 16.8. The summed E-state index contributed by atoms with van der Waals surface area (Å²) in [7, 11) is 3.01. The molecule has 1 heterocycles. The third-order valence-electron chi connectivity index (χ3n) is 3.76. The lowest BCUT2D eigenvalue weighted by Gasteiger charge is -2.18. The number of urea groups is 1. The first-order valence-electron chi connectivity index (χ1n) is 7.50. The highest BCUT2D eigenvalue weighted by molar-refractivity contribution is 5.96. The molecule has 0 radical (unpaired) electrons. The second-order valence-electron chi connectivity index (χ2n) is 5.50. The molecule has 0 saturated carbocycles. The van der Waals surface area contributed by atoms with E-state index in [2.05, 4.69) is 10.6 Å². The van der Waals surface area contributed by atoms with Crippen molar-refractivity contribution >= 4 is 17.6 Å². The number of rotatable bonds is 6. The largest absolute Gasteiger partial charge is 0.354 e. The van der Waals surface area contributed by atoms with Gasteiger partial charge in [-0.25, -0.2) is 4.79 Å². The van der Waals surface area contributed by atoms with Gasteiger partial charge in [0.2, 0.25) is 5.91 Å². The highest BCUT2D eigenvalue weighted by atomic mass is 16.7. The molecule has 1 fully saturated rings. The Morgan fingerprint density at radius 2 is 1.96 bits per heavy atom. The van der Waals surface area contributed by atoms with E-state index in [-0.39, 0.29) is 24.5 Å². The molecule has 0 spiro atoms. The minimum absolute atomic E-state index is 0.00538. The molecular formula is C16H23N3O4. The van der Waals surface area contributed by atoms with E-state index in [1.165, 1.54) is 14.2 Å². The van der Waals surface area contributed by atoms with Crippen LogP contribution in [0, 0.1) is 6.92 Å². The van der Waals surface area contributed by atoms with Gasteiger partial charge in [-0.2, -0.15) is 0 Å². The minimum atomic E-state index is -0.491. The lowest BCUT2D eigenvalue weighted by atomic mass is 10.2. The standard InChI is InChI=1S/C16H23N3O4/c1-11-4-6-13(7-5-11)19-10-12(8-14(19)20)18-16(21)17-9-15(22-2)23-3/h4-7,12,15H,8-10H2,1-3H3,(H2,17,18,21)/t12-/m1/s1. The topological polar surface area (TPSA) is 79.9 Å². The van der Waals surface area contributed by atoms with Gasteiger partial charge in [-0.05, 0) is 19.1 Å². The third kappa shape index (κ3) is 4.67. The van der Waals surface area contributed by atoms with Crippen molar-refractivity contribution in [3.05, 3.63) is 29.8 Å². The van der Waals surface area contributed by atoms with Crippen molar-refractivity contribution in [2.45, 2.75) is 25.7 Å². The fourth-order valence-electron chi connectivity index (χ4n) is 2.45. The average Bonchev–Trinajstić information content (AvgIpc) is 2.89. The van der Waals surface area contributed by atoms with E-state index >= 15 is 0 Å². The van der Waals surface area contributed by atoms with Gasteiger partial charge in [-0.3, -0.25) is 4.79 Å². The molecule has 0 unspecified atom stereocenters. The van der Waals surface area contributed by atoms with Crippen LogP contribution in [0.4, 0.5) is 10.5 Å². The van der Waals surface area contributed by atoms with Crippen molar-refractivity contribution in [2.24, 2.45) is 0 Å². The number of carbonyl (C=O) groups excluding carboxylic acids is 2. The van der Waals surface area contributed by atoms with Crippen molar-refractivity contribution in [3.8, 4) is 0 Å². The summed E-state index contributed by atoms with van der Waals surface area (Å²) in [6, 6.07) is 7.20. The lowest BCUT2D eigenvalue weighted by Crippen LogP contribution is -2.46. The van der Waals surface area contributed by atoms with Crippen LogP contribution in [0.25, 0.3) is 0 Å². The molecule has 1 aliphatic rings. The van der Waals surface area contributed by atoms with Gasteiger partial charge in [0, 0.05) is 32.9 Å². The van der Waals surface area contributed by atoms with Gasteiger partial charge in [0.05, 0.1) is 12.6 Å². The summed E-state index contributed by atoms with van der Waals surface area (Å²) in [4.78, 5) is 25.7. The van der Waals surface area contributed by atoms with Gasteiger partial charge in [-0.1, -0.05) is 17.7 Å². The van der Waals surface area contributed by atoms with Crippen LogP contribution in [0.3, 0.4) is 0 Å². The summed E-state index contributed by atoms with van der Waals surface area (Å²) in [5.74, 6) is 0.00538. The Kier molecular flexibility index (Phi) is 5.95. The smallest absolute Gasteiger partial charge is 0.315 e. The first kappa shape index (κ1) is 17.2. The van der Waals surface area contributed by atoms with Crippen LogP contribution >= 0.6 is 0 Å². The second-order valence-corrected chi connectivity index (χ2v) is 5.50. The van der Waals surface area contributed by atoms with Crippen LogP contribution in [0.5, 0.6) is 0 Å². The highest BCUT2D eigenvalue weighted by Crippen LogP contribution is 2.21. The Morgan fingerprint density at radius 3 is 2.57 bits per heavy atom. The van der Waals surface area contributed by atoms with E-state index in [1.807, 2.05) is 31.2 Å². The van der Waals surface area contributed by atoms with Crippen LogP contribution in [0.15, 0.2) is 24.3 Å². The van der Waals surface area contributed by atoms with E-state index in [0.29, 0.717) is 13.0 Å². The number of amides is 3. The summed E-state index contributed by atoms with van der Waals surface area (Å²) in [5, 5.41) is 5.46. The van der Waals surface area contributed by atoms with Gasteiger partial charge < -0.3 is 25.0 Å². The van der Waals surface area contributed by atoms with Crippen LogP contribution in [0.2, 0.25) is 0 Å². The summed E-state index contributed by atoms with van der Waals surface area (Å²) < 4.78 is 9.99. The second kappa shape index (κ2) is 7.94. The van der Waals surface area contributed by atoms with Gasteiger partial charge >= 0.3 is 6.03 Å². The molecule has 2 N–H and O–H groups in total. The number of carbonyl (C=O) groups is 2. The Hall–Kier alpha value is -2.12. The summed E-state index contributed by atoms with van der Waals surface area (Å²) in [6.07, 6.45) is -0.200. The van der Waals surface area contributed by atoms with E-state index in [4.69, 9.17) is 9.47 Å². The van der Waals surface area contributed by atoms with Gasteiger partial charge in [0.1, 0.15) is 0 Å². The Labute approximate surface area is 135 Å². The normalized spacial score (nSPS) is 17.7. The maximum Gasteiger partial charge on any atom is 0.315 e. The molecule has 7 heteroatoms. The van der Waals surface area contributed by atoms with E-state index in [9.17, 15) is 9.59 Å². The SMILES string of the molecule is COC(CNC(=O)N[C@@H]1CC(=O)N(c2ccc(C)cc2)C1)OC. The van der Waals surface area contributed by atoms with E-state index in [1.54, 1.807) is 4.90 Å². The predicted molar refractivity (Wildman–Crippen MR) is 86.3 cm³/mol. The van der Waals surface area contributed by atoms with Crippen molar-refractivity contribution in [1.82, 2.24) is 10.6 Å². The molecule has 1 atom stereocenters. The number of aryl methyl sites for hydroxylation is 1. The molecule has 1 aromatic rings. The molecule has 0 bridgehead atoms. The maximum absolute atomic E-state index is 12.1. The van der Waals surface area contributed by atoms with Crippen LogP contribution < -0.4 is 15.5 Å². The summed E-state index contributed by atoms with van der Waals surface area (Å²) >= 11 is 0. The molecule has 1 aliphatic heterocycles.